The topological polar surface area (TPSA) is 82.7 Å². The summed E-state index contributed by atoms with van der Waals surface area (Å²) < 4.78 is 6.73. The summed E-state index contributed by atoms with van der Waals surface area (Å²) in [7, 11) is 0. The molecule has 3 N–H and O–H groups in total. The minimum Gasteiger partial charge on any atom is -0.444 e. The minimum atomic E-state index is -0.595. The number of fused-ring (bicyclic) bond motifs is 1. The molecule has 2 heterocycles. The van der Waals surface area contributed by atoms with E-state index in [0.29, 0.717) is 24.9 Å². The predicted octanol–water partition coefficient (Wildman–Crippen LogP) is 3.91. The van der Waals surface area contributed by atoms with Gasteiger partial charge in [-0.05, 0) is 38.3 Å². The van der Waals surface area contributed by atoms with Crippen molar-refractivity contribution < 1.29 is 9.52 Å². The number of hydrogen-bond acceptors (Lipinski definition) is 5. The van der Waals surface area contributed by atoms with E-state index < -0.39 is 6.10 Å². The summed E-state index contributed by atoms with van der Waals surface area (Å²) in [6, 6.07) is 10.2. The highest BCUT2D eigenvalue weighted by Gasteiger charge is 2.12. The average Bonchev–Trinajstić information content (AvgIpc) is 3.20. The monoisotopic (exact) mass is 500 g/mol. The van der Waals surface area contributed by atoms with Crippen LogP contribution < -0.4 is 10.6 Å². The predicted molar refractivity (Wildman–Crippen MR) is 121 cm³/mol. The number of aryl methyl sites for hydroxylation is 2. The fourth-order valence-electron chi connectivity index (χ4n) is 2.56. The second kappa shape index (κ2) is 10.0. The standard InChI is InChI=1S/C19H24N4O2S.HI/c1-4-20-19(22-11-18-23-12(2)13(3)25-18)21-10-15(24)17-9-14-7-5-6-8-16(14)26-17;/h5-9,15,24H,4,10-11H2,1-3H3,(H2,20,21,22);1H. The van der Waals surface area contributed by atoms with Crippen molar-refractivity contribution in [3.8, 4) is 0 Å². The van der Waals surface area contributed by atoms with Crippen molar-refractivity contribution in [2.24, 2.45) is 4.99 Å². The first-order valence-electron chi connectivity index (χ1n) is 8.68. The number of halogens is 1. The Kier molecular flexibility index (Phi) is 8.06. The molecule has 146 valence electrons. The molecule has 1 unspecified atom stereocenters. The van der Waals surface area contributed by atoms with Crippen molar-refractivity contribution >= 4 is 51.4 Å². The lowest BCUT2D eigenvalue weighted by molar-refractivity contribution is 0.184. The molecule has 0 bridgehead atoms. The van der Waals surface area contributed by atoms with Crippen molar-refractivity contribution in [3.05, 3.63) is 52.6 Å². The molecule has 0 amide bonds. The van der Waals surface area contributed by atoms with Gasteiger partial charge >= 0.3 is 0 Å². The average molecular weight is 500 g/mol. The molecule has 0 saturated carbocycles. The normalized spacial score (nSPS) is 12.7. The molecule has 2 aromatic heterocycles. The van der Waals surface area contributed by atoms with E-state index in [1.807, 2.05) is 39.0 Å². The van der Waals surface area contributed by atoms with E-state index in [0.717, 1.165) is 28.3 Å². The SMILES string of the molecule is CCNC(=NCc1nc(C)c(C)o1)NCC(O)c1cc2ccccc2s1.I. The molecular formula is C19H25IN4O2S. The number of nitrogens with zero attached hydrogens (tertiary/aromatic N) is 2. The van der Waals surface area contributed by atoms with Crippen molar-refractivity contribution in [1.29, 1.82) is 0 Å². The van der Waals surface area contributed by atoms with Crippen LogP contribution in [0.1, 0.15) is 35.2 Å². The number of aromatic nitrogens is 1. The van der Waals surface area contributed by atoms with Crippen molar-refractivity contribution in [3.63, 3.8) is 0 Å². The lowest BCUT2D eigenvalue weighted by Crippen LogP contribution is -2.39. The van der Waals surface area contributed by atoms with Crippen molar-refractivity contribution in [1.82, 2.24) is 15.6 Å². The Morgan fingerprint density at radius 3 is 2.74 bits per heavy atom. The lowest BCUT2D eigenvalue weighted by Gasteiger charge is -2.14. The highest BCUT2D eigenvalue weighted by molar-refractivity contribution is 14.0. The third-order valence-corrected chi connectivity index (χ3v) is 5.24. The van der Waals surface area contributed by atoms with Gasteiger partial charge in [-0.25, -0.2) is 9.98 Å². The highest BCUT2D eigenvalue weighted by atomic mass is 127. The van der Waals surface area contributed by atoms with Crippen LogP contribution in [0.5, 0.6) is 0 Å². The van der Waals surface area contributed by atoms with Gasteiger partial charge in [-0.3, -0.25) is 0 Å². The number of thiophene rings is 1. The molecule has 27 heavy (non-hydrogen) atoms. The van der Waals surface area contributed by atoms with Crippen LogP contribution in [0, 0.1) is 13.8 Å². The van der Waals surface area contributed by atoms with E-state index in [1.165, 1.54) is 4.70 Å². The van der Waals surface area contributed by atoms with Gasteiger partial charge in [0.1, 0.15) is 18.4 Å². The fourth-order valence-corrected chi connectivity index (χ4v) is 3.61. The van der Waals surface area contributed by atoms with Crippen LogP contribution in [-0.2, 0) is 6.54 Å². The molecule has 1 atom stereocenters. The number of rotatable bonds is 6. The first-order valence-corrected chi connectivity index (χ1v) is 9.50. The summed E-state index contributed by atoms with van der Waals surface area (Å²) in [5.41, 5.74) is 0.883. The Hall–Kier alpha value is -1.65. The summed E-state index contributed by atoms with van der Waals surface area (Å²) in [4.78, 5) is 9.75. The Balaban J connectivity index is 0.00000261. The number of benzene rings is 1. The van der Waals surface area contributed by atoms with Gasteiger partial charge in [-0.2, -0.15) is 0 Å². The molecule has 3 aromatic rings. The third kappa shape index (κ3) is 5.66. The van der Waals surface area contributed by atoms with Gasteiger partial charge in [-0.1, -0.05) is 18.2 Å². The van der Waals surface area contributed by atoms with Crippen LogP contribution in [0.2, 0.25) is 0 Å². The van der Waals surface area contributed by atoms with E-state index in [4.69, 9.17) is 4.42 Å². The number of nitrogens with one attached hydrogen (secondary N) is 2. The highest BCUT2D eigenvalue weighted by Crippen LogP contribution is 2.29. The number of aliphatic hydroxyl groups is 1. The van der Waals surface area contributed by atoms with Gasteiger partial charge in [0.2, 0.25) is 5.89 Å². The molecule has 0 fully saturated rings. The molecule has 1 aromatic carbocycles. The maximum atomic E-state index is 10.5. The van der Waals surface area contributed by atoms with Crippen LogP contribution in [0.4, 0.5) is 0 Å². The largest absolute Gasteiger partial charge is 0.444 e. The van der Waals surface area contributed by atoms with Crippen LogP contribution >= 0.6 is 35.3 Å². The number of guanidine groups is 1. The first kappa shape index (κ1) is 21.6. The minimum absolute atomic E-state index is 0. The van der Waals surface area contributed by atoms with E-state index in [-0.39, 0.29) is 24.0 Å². The van der Waals surface area contributed by atoms with Crippen LogP contribution in [0.15, 0.2) is 39.7 Å². The first-order chi connectivity index (χ1) is 12.6. The quantitative estimate of drug-likeness (QED) is 0.272. The molecule has 0 aliphatic heterocycles. The van der Waals surface area contributed by atoms with Gasteiger partial charge in [0.05, 0.1) is 5.69 Å². The molecular weight excluding hydrogens is 475 g/mol. The summed E-state index contributed by atoms with van der Waals surface area (Å²) in [5, 5.41) is 18.0. The van der Waals surface area contributed by atoms with E-state index in [9.17, 15) is 5.11 Å². The molecule has 0 aliphatic carbocycles. The van der Waals surface area contributed by atoms with Gasteiger partial charge in [0.25, 0.3) is 0 Å². The fraction of sp³-hybridized carbons (Fsp3) is 0.368. The van der Waals surface area contributed by atoms with Crippen molar-refractivity contribution in [2.75, 3.05) is 13.1 Å². The third-order valence-electron chi connectivity index (χ3n) is 4.03. The zero-order valence-electron chi connectivity index (χ0n) is 15.7. The van der Waals surface area contributed by atoms with Gasteiger partial charge < -0.3 is 20.2 Å². The second-order valence-electron chi connectivity index (χ2n) is 6.03. The number of oxazole rings is 1. The summed E-state index contributed by atoms with van der Waals surface area (Å²) >= 11 is 1.61. The van der Waals surface area contributed by atoms with Crippen LogP contribution in [0.25, 0.3) is 10.1 Å². The van der Waals surface area contributed by atoms with E-state index in [2.05, 4.69) is 32.7 Å². The summed E-state index contributed by atoms with van der Waals surface area (Å²) in [6.07, 6.45) is -0.595. The number of aliphatic imine (C=N–C) groups is 1. The van der Waals surface area contributed by atoms with Crippen LogP contribution in [0.3, 0.4) is 0 Å². The second-order valence-corrected chi connectivity index (χ2v) is 7.14. The number of hydrogen-bond donors (Lipinski definition) is 3. The molecule has 0 aliphatic rings. The van der Waals surface area contributed by atoms with E-state index in [1.54, 1.807) is 11.3 Å². The molecule has 8 heteroatoms. The Morgan fingerprint density at radius 2 is 2.07 bits per heavy atom. The maximum absolute atomic E-state index is 10.5. The zero-order valence-corrected chi connectivity index (χ0v) is 18.8. The molecule has 0 radical (unpaired) electrons. The van der Waals surface area contributed by atoms with Gasteiger partial charge in [0.15, 0.2) is 5.96 Å². The van der Waals surface area contributed by atoms with Crippen LogP contribution in [-0.4, -0.2) is 29.1 Å². The Bertz CT molecular complexity index is 854. The molecule has 6 nitrogen and oxygen atoms in total. The Labute approximate surface area is 180 Å². The summed E-state index contributed by atoms with van der Waals surface area (Å²) in [6.45, 7) is 7.26. The Morgan fingerprint density at radius 1 is 1.30 bits per heavy atom. The zero-order chi connectivity index (χ0) is 18.5. The number of aliphatic hydroxyl groups excluding tert-OH is 1. The van der Waals surface area contributed by atoms with Gasteiger partial charge in [-0.15, -0.1) is 35.3 Å². The van der Waals surface area contributed by atoms with Gasteiger partial charge in [0, 0.05) is 22.7 Å². The lowest BCUT2D eigenvalue weighted by atomic mass is 10.2. The molecule has 0 spiro atoms. The summed E-state index contributed by atoms with van der Waals surface area (Å²) in [5.74, 6) is 2.02. The molecule has 3 rings (SSSR count). The van der Waals surface area contributed by atoms with E-state index >= 15 is 0 Å². The van der Waals surface area contributed by atoms with Crippen molar-refractivity contribution in [2.45, 2.75) is 33.4 Å². The molecule has 0 saturated heterocycles. The smallest absolute Gasteiger partial charge is 0.216 e. The maximum Gasteiger partial charge on any atom is 0.216 e.